The van der Waals surface area contributed by atoms with Crippen LogP contribution in [0.4, 0.5) is 18.9 Å². The number of hydrogen-bond acceptors (Lipinski definition) is 8. The highest BCUT2D eigenvalue weighted by atomic mass is 32.2. The molecule has 0 atom stereocenters. The van der Waals surface area contributed by atoms with Gasteiger partial charge >= 0.3 is 6.18 Å². The van der Waals surface area contributed by atoms with Crippen molar-refractivity contribution < 1.29 is 26.3 Å². The van der Waals surface area contributed by atoms with Crippen LogP contribution in [0, 0.1) is 11.3 Å². The fourth-order valence-electron chi connectivity index (χ4n) is 2.33. The van der Waals surface area contributed by atoms with Gasteiger partial charge in [-0.1, -0.05) is 0 Å². The van der Waals surface area contributed by atoms with E-state index in [4.69, 9.17) is 15.1 Å². The zero-order valence-electron chi connectivity index (χ0n) is 15.3. The number of rotatable bonds is 6. The lowest BCUT2D eigenvalue weighted by Crippen LogP contribution is -2.11. The summed E-state index contributed by atoms with van der Waals surface area (Å²) < 4.78 is 68.4. The van der Waals surface area contributed by atoms with E-state index < -0.39 is 27.5 Å². The van der Waals surface area contributed by atoms with Crippen molar-refractivity contribution >= 4 is 21.3 Å². The van der Waals surface area contributed by atoms with Crippen LogP contribution in [0.15, 0.2) is 53.6 Å². The van der Waals surface area contributed by atoms with Gasteiger partial charge in [0, 0.05) is 11.9 Å². The first-order valence-electron chi connectivity index (χ1n) is 8.20. The number of nitrogens with two attached hydrogens (primary N) is 1. The van der Waals surface area contributed by atoms with Gasteiger partial charge in [0.05, 0.1) is 4.90 Å². The molecule has 0 radical (unpaired) electrons. The maximum atomic E-state index is 13.5. The minimum atomic E-state index is -4.76. The minimum absolute atomic E-state index is 0.0143. The SMILES string of the molecule is N#CC(=CNc1ccc(Oc2ccc(S(N)(=O)=O)cc2)c(C(F)(F)F)c1)c1nn[nH]n1. The molecule has 31 heavy (non-hydrogen) atoms. The highest BCUT2D eigenvalue weighted by Gasteiger charge is 2.35. The number of nitrogens with one attached hydrogen (secondary N) is 2. The molecule has 0 aliphatic carbocycles. The quantitative estimate of drug-likeness (QED) is 0.482. The predicted octanol–water partition coefficient (Wildman–Crippen LogP) is 2.63. The summed E-state index contributed by atoms with van der Waals surface area (Å²) in [7, 11) is -3.95. The number of anilines is 1. The molecule has 0 unspecified atom stereocenters. The van der Waals surface area contributed by atoms with Crippen molar-refractivity contribution in [2.45, 2.75) is 11.1 Å². The maximum absolute atomic E-state index is 13.5. The Hall–Kier alpha value is -3.96. The fraction of sp³-hybridized carbons (Fsp3) is 0.0588. The maximum Gasteiger partial charge on any atom is 0.420 e. The summed E-state index contributed by atoms with van der Waals surface area (Å²) >= 11 is 0. The molecule has 0 saturated carbocycles. The topological polar surface area (TPSA) is 160 Å². The number of aromatic nitrogens is 4. The molecule has 0 aliphatic rings. The molecule has 14 heteroatoms. The first-order valence-corrected chi connectivity index (χ1v) is 9.75. The summed E-state index contributed by atoms with van der Waals surface area (Å²) in [5, 5.41) is 29.4. The molecule has 1 heterocycles. The Kier molecular flexibility index (Phi) is 5.90. The first kappa shape index (κ1) is 21.7. The lowest BCUT2D eigenvalue weighted by atomic mass is 10.1. The monoisotopic (exact) mass is 451 g/mol. The number of allylic oxidation sites excluding steroid dienone is 1. The molecule has 0 amide bonds. The van der Waals surface area contributed by atoms with E-state index >= 15 is 0 Å². The molecule has 10 nitrogen and oxygen atoms in total. The van der Waals surface area contributed by atoms with Crippen LogP contribution in [0.25, 0.3) is 5.57 Å². The van der Waals surface area contributed by atoms with Gasteiger partial charge in [-0.15, -0.1) is 10.2 Å². The predicted molar refractivity (Wildman–Crippen MR) is 101 cm³/mol. The van der Waals surface area contributed by atoms with Crippen molar-refractivity contribution in [1.82, 2.24) is 20.6 Å². The Labute approximate surface area is 173 Å². The second-order valence-corrected chi connectivity index (χ2v) is 7.44. The average molecular weight is 451 g/mol. The smallest absolute Gasteiger partial charge is 0.420 e. The number of nitrogens with zero attached hydrogens (tertiary/aromatic N) is 4. The number of ether oxygens (including phenoxy) is 1. The van der Waals surface area contributed by atoms with Crippen molar-refractivity contribution in [3.8, 4) is 17.6 Å². The number of nitriles is 1. The normalized spacial score (nSPS) is 12.3. The third-order valence-electron chi connectivity index (χ3n) is 3.75. The molecule has 4 N–H and O–H groups in total. The second-order valence-electron chi connectivity index (χ2n) is 5.88. The highest BCUT2D eigenvalue weighted by Crippen LogP contribution is 2.39. The van der Waals surface area contributed by atoms with Gasteiger partial charge in [0.2, 0.25) is 15.8 Å². The van der Waals surface area contributed by atoms with Crippen molar-refractivity contribution in [3.63, 3.8) is 0 Å². The Bertz CT molecular complexity index is 1250. The van der Waals surface area contributed by atoms with Gasteiger partial charge in [0.1, 0.15) is 28.7 Å². The third-order valence-corrected chi connectivity index (χ3v) is 4.68. The van der Waals surface area contributed by atoms with E-state index in [0.717, 1.165) is 30.5 Å². The number of sulfonamides is 1. The fourth-order valence-corrected chi connectivity index (χ4v) is 2.85. The number of aromatic amines is 1. The molecule has 160 valence electrons. The second kappa shape index (κ2) is 8.42. The zero-order valence-corrected chi connectivity index (χ0v) is 16.1. The van der Waals surface area contributed by atoms with Crippen LogP contribution in [0.2, 0.25) is 0 Å². The molecule has 0 bridgehead atoms. The van der Waals surface area contributed by atoms with Crippen LogP contribution >= 0.6 is 0 Å². The molecule has 3 aromatic rings. The van der Waals surface area contributed by atoms with Crippen molar-refractivity contribution in [2.75, 3.05) is 5.32 Å². The number of benzene rings is 2. The van der Waals surface area contributed by atoms with Crippen LogP contribution in [-0.2, 0) is 16.2 Å². The molecule has 0 spiro atoms. The summed E-state index contributed by atoms with van der Waals surface area (Å²) in [5.74, 6) is -0.569. The van der Waals surface area contributed by atoms with Gasteiger partial charge in [-0.2, -0.15) is 23.6 Å². The van der Waals surface area contributed by atoms with Crippen LogP contribution < -0.4 is 15.2 Å². The lowest BCUT2D eigenvalue weighted by molar-refractivity contribution is -0.138. The zero-order chi connectivity index (χ0) is 22.6. The highest BCUT2D eigenvalue weighted by molar-refractivity contribution is 7.89. The van der Waals surface area contributed by atoms with Gasteiger partial charge in [-0.3, -0.25) is 0 Å². The Balaban J connectivity index is 1.88. The number of halogens is 3. The van der Waals surface area contributed by atoms with E-state index in [0.29, 0.717) is 0 Å². The largest absolute Gasteiger partial charge is 0.457 e. The molecule has 1 aromatic heterocycles. The first-order chi connectivity index (χ1) is 14.6. The molecule has 3 rings (SSSR count). The number of tetrazole rings is 1. The van der Waals surface area contributed by atoms with E-state index in [2.05, 4.69) is 25.9 Å². The van der Waals surface area contributed by atoms with Gasteiger partial charge in [0.25, 0.3) is 0 Å². The summed E-state index contributed by atoms with van der Waals surface area (Å²) in [5.41, 5.74) is -1.14. The Morgan fingerprint density at radius 1 is 1.23 bits per heavy atom. The van der Waals surface area contributed by atoms with Crippen LogP contribution in [0.5, 0.6) is 11.5 Å². The Morgan fingerprint density at radius 2 is 1.94 bits per heavy atom. The lowest BCUT2D eigenvalue weighted by Gasteiger charge is -2.15. The van der Waals surface area contributed by atoms with Crippen molar-refractivity contribution in [1.29, 1.82) is 5.26 Å². The van der Waals surface area contributed by atoms with E-state index in [1.165, 1.54) is 18.2 Å². The van der Waals surface area contributed by atoms with Crippen LogP contribution in [-0.4, -0.2) is 29.0 Å². The Morgan fingerprint density at radius 3 is 2.48 bits per heavy atom. The summed E-state index contributed by atoms with van der Waals surface area (Å²) in [6, 6.07) is 9.54. The number of H-pyrrole nitrogens is 1. The van der Waals surface area contributed by atoms with Crippen molar-refractivity contribution in [2.24, 2.45) is 5.14 Å². The van der Waals surface area contributed by atoms with Crippen molar-refractivity contribution in [3.05, 3.63) is 60.1 Å². The number of hydrogen-bond donors (Lipinski definition) is 3. The van der Waals surface area contributed by atoms with Crippen LogP contribution in [0.1, 0.15) is 11.4 Å². The van der Waals surface area contributed by atoms with Gasteiger partial charge in [-0.25, -0.2) is 13.6 Å². The van der Waals surface area contributed by atoms with E-state index in [1.54, 1.807) is 6.07 Å². The van der Waals surface area contributed by atoms with Crippen LogP contribution in [0.3, 0.4) is 0 Å². The van der Waals surface area contributed by atoms with Gasteiger partial charge in [0.15, 0.2) is 0 Å². The molecule has 0 saturated heterocycles. The molecule has 0 fully saturated rings. The van der Waals surface area contributed by atoms with E-state index in [-0.39, 0.29) is 27.7 Å². The average Bonchev–Trinajstić information content (AvgIpc) is 3.23. The third kappa shape index (κ3) is 5.35. The number of alkyl halides is 3. The van der Waals surface area contributed by atoms with Gasteiger partial charge in [-0.05, 0) is 47.7 Å². The summed E-state index contributed by atoms with van der Waals surface area (Å²) in [6.45, 7) is 0. The number of primary sulfonamides is 1. The molecule has 2 aromatic carbocycles. The van der Waals surface area contributed by atoms with E-state index in [1.807, 2.05) is 0 Å². The van der Waals surface area contributed by atoms with Gasteiger partial charge < -0.3 is 10.1 Å². The molecular formula is C17H12F3N7O3S. The standard InChI is InChI=1S/C17H12F3N7O3S/c18-17(19,20)14-7-11(23-9-10(8-21)16-24-26-27-25-16)1-6-15(14)30-12-2-4-13(5-3-12)31(22,28)29/h1-7,9,23H,(H2,22,28,29)(H,24,25,26,27). The summed E-state index contributed by atoms with van der Waals surface area (Å²) in [6.07, 6.45) is -3.63. The molecule has 0 aliphatic heterocycles. The summed E-state index contributed by atoms with van der Waals surface area (Å²) in [4.78, 5) is -0.211. The molecular weight excluding hydrogens is 439 g/mol. The minimum Gasteiger partial charge on any atom is -0.457 e. The van der Waals surface area contributed by atoms with E-state index in [9.17, 15) is 21.6 Å².